The maximum atomic E-state index is 13.9. The first-order valence-electron chi connectivity index (χ1n) is 15.7. The number of hydrogen-bond donors (Lipinski definition) is 2. The Morgan fingerprint density at radius 1 is 0.957 bits per heavy atom. The summed E-state index contributed by atoms with van der Waals surface area (Å²) in [6.45, 7) is 8.10. The molecule has 2 amide bonds. The number of hydrogen-bond acceptors (Lipinski definition) is 6. The van der Waals surface area contributed by atoms with Crippen molar-refractivity contribution in [2.24, 2.45) is 0 Å². The zero-order valence-corrected chi connectivity index (χ0v) is 27.8. The van der Waals surface area contributed by atoms with Gasteiger partial charge in [-0.2, -0.15) is 0 Å². The zero-order valence-electron chi connectivity index (χ0n) is 26.9. The summed E-state index contributed by atoms with van der Waals surface area (Å²) >= 11 is 1.53. The lowest BCUT2D eigenvalue weighted by atomic mass is 10.0. The van der Waals surface area contributed by atoms with Crippen LogP contribution in [0.1, 0.15) is 74.3 Å². The lowest BCUT2D eigenvalue weighted by Gasteiger charge is -2.21. The van der Waals surface area contributed by atoms with E-state index in [4.69, 9.17) is 0 Å². The Labute approximate surface area is 275 Å². The minimum Gasteiger partial charge on any atom is -0.349 e. The van der Waals surface area contributed by atoms with Crippen LogP contribution < -0.4 is 10.6 Å². The van der Waals surface area contributed by atoms with Crippen molar-refractivity contribution in [2.45, 2.75) is 58.7 Å². The predicted octanol–water partition coefficient (Wildman–Crippen LogP) is 6.55. The van der Waals surface area contributed by atoms with Crippen molar-refractivity contribution in [3.63, 3.8) is 0 Å². The maximum absolute atomic E-state index is 13.9. The van der Waals surface area contributed by atoms with E-state index in [-0.39, 0.29) is 17.9 Å². The van der Waals surface area contributed by atoms with E-state index in [2.05, 4.69) is 52.6 Å². The molecule has 0 spiro atoms. The van der Waals surface area contributed by atoms with E-state index < -0.39 is 0 Å². The fourth-order valence-electron chi connectivity index (χ4n) is 5.31. The van der Waals surface area contributed by atoms with Crippen molar-refractivity contribution in [1.29, 1.82) is 0 Å². The smallest absolute Gasteiger partial charge is 0.254 e. The molecule has 0 aliphatic rings. The normalized spacial score (nSPS) is 11.8. The highest BCUT2D eigenvalue weighted by molar-refractivity contribution is 7.09. The monoisotopic (exact) mass is 634 g/mol. The van der Waals surface area contributed by atoms with Crippen LogP contribution in [0.2, 0.25) is 0 Å². The van der Waals surface area contributed by atoms with Crippen LogP contribution in [-0.4, -0.2) is 50.9 Å². The second-order valence-corrected chi connectivity index (χ2v) is 13.0. The summed E-state index contributed by atoms with van der Waals surface area (Å²) in [6, 6.07) is 21.5. The number of nitrogens with zero attached hydrogens (tertiary/aromatic N) is 4. The molecule has 0 saturated carbocycles. The number of carbonyl (C=O) groups is 2. The van der Waals surface area contributed by atoms with Gasteiger partial charge in [0, 0.05) is 72.3 Å². The van der Waals surface area contributed by atoms with E-state index >= 15 is 0 Å². The predicted molar refractivity (Wildman–Crippen MR) is 184 cm³/mol. The Morgan fingerprint density at radius 2 is 1.72 bits per heavy atom. The van der Waals surface area contributed by atoms with Crippen LogP contribution in [-0.2, 0) is 19.5 Å². The second-order valence-electron chi connectivity index (χ2n) is 12.0. The first kappa shape index (κ1) is 32.8. The quantitative estimate of drug-likeness (QED) is 0.135. The molecule has 0 radical (unpaired) electrons. The van der Waals surface area contributed by atoms with Crippen LogP contribution in [0.5, 0.6) is 0 Å². The highest BCUT2D eigenvalue weighted by Crippen LogP contribution is 2.20. The van der Waals surface area contributed by atoms with E-state index in [1.807, 2.05) is 84.1 Å². The van der Waals surface area contributed by atoms with Crippen molar-refractivity contribution in [3.05, 3.63) is 135 Å². The fraction of sp³-hybridized carbons (Fsp3) is 0.297. The number of aromatic nitrogens is 3. The third-order valence-corrected chi connectivity index (χ3v) is 8.81. The number of rotatable bonds is 14. The highest BCUT2D eigenvalue weighted by atomic mass is 32.1. The Morgan fingerprint density at radius 3 is 2.43 bits per heavy atom. The fourth-order valence-corrected chi connectivity index (χ4v) is 6.14. The molecule has 46 heavy (non-hydrogen) atoms. The summed E-state index contributed by atoms with van der Waals surface area (Å²) < 4.78 is 1.91. The van der Waals surface area contributed by atoms with E-state index in [0.29, 0.717) is 36.6 Å². The van der Waals surface area contributed by atoms with Crippen molar-refractivity contribution >= 4 is 23.2 Å². The summed E-state index contributed by atoms with van der Waals surface area (Å²) in [4.78, 5) is 38.0. The summed E-state index contributed by atoms with van der Waals surface area (Å²) in [5.41, 5.74) is 6.09. The number of pyridine rings is 1. The summed E-state index contributed by atoms with van der Waals surface area (Å²) in [7, 11) is 1.76. The summed E-state index contributed by atoms with van der Waals surface area (Å²) in [6.07, 6.45) is 9.06. The average Bonchev–Trinajstić information content (AvgIpc) is 3.75. The summed E-state index contributed by atoms with van der Waals surface area (Å²) in [5.74, 6) is 0.0420. The molecule has 0 aliphatic carbocycles. The molecule has 0 bridgehead atoms. The van der Waals surface area contributed by atoms with Gasteiger partial charge in [-0.3, -0.25) is 14.6 Å². The largest absolute Gasteiger partial charge is 0.349 e. The van der Waals surface area contributed by atoms with Crippen molar-refractivity contribution < 1.29 is 9.59 Å². The molecule has 9 heteroatoms. The molecule has 5 aromatic rings. The molecule has 0 unspecified atom stereocenters. The van der Waals surface area contributed by atoms with Crippen LogP contribution >= 0.6 is 11.3 Å². The Hall–Kier alpha value is -4.60. The number of benzene rings is 2. The number of amides is 2. The third kappa shape index (κ3) is 8.99. The van der Waals surface area contributed by atoms with Crippen LogP contribution in [0.25, 0.3) is 5.69 Å². The molecular weight excluding hydrogens is 593 g/mol. The lowest BCUT2D eigenvalue weighted by molar-refractivity contribution is 0.0785. The molecule has 1 atom stereocenters. The second kappa shape index (κ2) is 15.6. The van der Waals surface area contributed by atoms with Crippen molar-refractivity contribution in [3.8, 4) is 5.69 Å². The number of aryl methyl sites for hydroxylation is 1. The molecule has 2 aromatic carbocycles. The zero-order chi connectivity index (χ0) is 32.5. The number of thiazole rings is 1. The van der Waals surface area contributed by atoms with Gasteiger partial charge in [0.15, 0.2) is 0 Å². The van der Waals surface area contributed by atoms with Gasteiger partial charge in [-0.05, 0) is 79.3 Å². The Kier molecular flexibility index (Phi) is 11.1. The van der Waals surface area contributed by atoms with Gasteiger partial charge in [-0.1, -0.05) is 50.2 Å². The molecule has 5 rings (SSSR count). The molecule has 0 aliphatic heterocycles. The lowest BCUT2D eigenvalue weighted by Crippen LogP contribution is -2.38. The number of carbonyl (C=O) groups excluding carboxylic acids is 2. The summed E-state index contributed by atoms with van der Waals surface area (Å²) in [5, 5.41) is 9.66. The molecule has 0 fully saturated rings. The SMILES string of the molecule is Cc1csc(CN(C)C(=O)c2cc(C(=O)N[C@H](CCNCc3cncc(C(C)C)c3)Cc3ccccc3)cc(-n3cccc3)c2)n1. The first-order chi connectivity index (χ1) is 22.2. The van der Waals surface area contributed by atoms with Gasteiger partial charge in [0.05, 0.1) is 6.54 Å². The van der Waals surface area contributed by atoms with Crippen molar-refractivity contribution in [2.75, 3.05) is 13.6 Å². The Bertz CT molecular complexity index is 1730. The van der Waals surface area contributed by atoms with Gasteiger partial charge >= 0.3 is 0 Å². The standard InChI is InChI=1S/C37H42N6O2S/c1-26(2)32-16-29(22-39-23-32)21-38-13-12-33(17-28-10-6-5-7-11-28)41-36(44)30-18-31(20-34(19-30)43-14-8-9-15-43)37(45)42(4)24-35-40-27(3)25-46-35/h5-11,14-16,18-20,22-23,25-26,33,38H,12-13,17,21,24H2,1-4H3,(H,41,44)/t33-/m1/s1. The van der Waals surface area contributed by atoms with Gasteiger partial charge in [-0.25, -0.2) is 4.98 Å². The molecule has 3 heterocycles. The highest BCUT2D eigenvalue weighted by Gasteiger charge is 2.20. The van der Waals surface area contributed by atoms with Crippen LogP contribution in [0.3, 0.4) is 0 Å². The molecule has 8 nitrogen and oxygen atoms in total. The van der Waals surface area contributed by atoms with Crippen molar-refractivity contribution in [1.82, 2.24) is 30.1 Å². The van der Waals surface area contributed by atoms with Gasteiger partial charge < -0.3 is 20.1 Å². The van der Waals surface area contributed by atoms with E-state index in [1.165, 1.54) is 16.9 Å². The van der Waals surface area contributed by atoms with Gasteiger partial charge in [0.1, 0.15) is 5.01 Å². The maximum Gasteiger partial charge on any atom is 0.254 e. The molecular formula is C37H42N6O2S. The minimum absolute atomic E-state index is 0.118. The van der Waals surface area contributed by atoms with Crippen LogP contribution in [0, 0.1) is 6.92 Å². The van der Waals surface area contributed by atoms with Gasteiger partial charge in [0.25, 0.3) is 11.8 Å². The molecule has 3 aromatic heterocycles. The Balaban J connectivity index is 1.32. The molecule has 238 valence electrons. The third-order valence-electron chi connectivity index (χ3n) is 7.86. The molecule has 2 N–H and O–H groups in total. The number of nitrogens with one attached hydrogen (secondary N) is 2. The van der Waals surface area contributed by atoms with Crippen LogP contribution in [0.4, 0.5) is 0 Å². The van der Waals surface area contributed by atoms with Crippen LogP contribution in [0.15, 0.2) is 96.9 Å². The average molecular weight is 635 g/mol. The first-order valence-corrected chi connectivity index (χ1v) is 16.6. The molecule has 0 saturated heterocycles. The van der Waals surface area contributed by atoms with Gasteiger partial charge in [-0.15, -0.1) is 11.3 Å². The topological polar surface area (TPSA) is 92.2 Å². The minimum atomic E-state index is -0.212. The van der Waals surface area contributed by atoms with E-state index in [9.17, 15) is 9.59 Å². The van der Waals surface area contributed by atoms with E-state index in [1.54, 1.807) is 18.0 Å². The van der Waals surface area contributed by atoms with E-state index in [0.717, 1.165) is 40.5 Å². The van der Waals surface area contributed by atoms with Gasteiger partial charge in [0.2, 0.25) is 0 Å².